The molecule has 1 amide bonds. The highest BCUT2D eigenvalue weighted by atomic mass is 16.5. The largest absolute Gasteiger partial charge is 0.466 e. The molecule has 0 aromatic heterocycles. The van der Waals surface area contributed by atoms with E-state index in [-0.39, 0.29) is 18.5 Å². The van der Waals surface area contributed by atoms with Gasteiger partial charge in [0.2, 0.25) is 5.91 Å². The molecule has 0 aliphatic rings. The summed E-state index contributed by atoms with van der Waals surface area (Å²) in [5, 5.41) is 23.0. The molecule has 0 aliphatic heterocycles. The second-order valence-electron chi connectivity index (χ2n) is 21.0. The highest BCUT2D eigenvalue weighted by molar-refractivity contribution is 5.76. The van der Waals surface area contributed by atoms with Crippen molar-refractivity contribution in [3.05, 3.63) is 60.8 Å². The van der Waals surface area contributed by atoms with Crippen LogP contribution in [0.3, 0.4) is 0 Å². The maximum absolute atomic E-state index is 12.4. The van der Waals surface area contributed by atoms with Crippen LogP contribution in [-0.4, -0.2) is 47.4 Å². The zero-order chi connectivity index (χ0) is 51.4. The molecule has 0 aromatic rings. The third-order valence-electron chi connectivity index (χ3n) is 14.0. The summed E-state index contributed by atoms with van der Waals surface area (Å²) < 4.78 is 5.49. The van der Waals surface area contributed by atoms with Gasteiger partial charge in [0.15, 0.2) is 0 Å². The zero-order valence-corrected chi connectivity index (χ0v) is 47.2. The second kappa shape index (κ2) is 60.1. The van der Waals surface area contributed by atoms with Gasteiger partial charge in [0.25, 0.3) is 0 Å². The van der Waals surface area contributed by atoms with E-state index < -0.39 is 12.1 Å². The van der Waals surface area contributed by atoms with Crippen molar-refractivity contribution in [1.29, 1.82) is 0 Å². The van der Waals surface area contributed by atoms with Gasteiger partial charge in [0, 0.05) is 12.8 Å². The lowest BCUT2D eigenvalue weighted by molar-refractivity contribution is -0.143. The molecule has 6 nitrogen and oxygen atoms in total. The van der Waals surface area contributed by atoms with Crippen LogP contribution in [0.25, 0.3) is 0 Å². The van der Waals surface area contributed by atoms with Gasteiger partial charge in [-0.3, -0.25) is 9.59 Å². The van der Waals surface area contributed by atoms with Crippen LogP contribution in [0.1, 0.15) is 316 Å². The molecule has 0 saturated heterocycles. The standard InChI is InChI=1S/C65H119NO5/c1-3-5-7-9-11-13-15-17-18-19-25-29-32-35-39-43-47-51-55-59-65(70)71-60-56-52-48-44-40-36-33-30-27-24-22-20-21-23-26-28-31-34-38-42-46-50-54-58-64(69)66-62(61-67)63(68)57-53-49-45-41-37-16-14-12-10-8-6-4-2/h11,13,17-18,20,22-23,26,53,57,62-63,67-68H,3-10,12,14-16,19,21,24-25,27-52,54-56,58-61H2,1-2H3,(H,66,69)/b13-11-,18-17-,22-20-,26-23-,57-53+. The first-order chi connectivity index (χ1) is 35.0. The summed E-state index contributed by atoms with van der Waals surface area (Å²) in [6.07, 6.45) is 78.3. The molecule has 2 atom stereocenters. The van der Waals surface area contributed by atoms with Gasteiger partial charge in [-0.15, -0.1) is 0 Å². The third kappa shape index (κ3) is 56.7. The van der Waals surface area contributed by atoms with Gasteiger partial charge in [-0.05, 0) is 96.3 Å². The van der Waals surface area contributed by atoms with E-state index in [4.69, 9.17) is 4.74 Å². The summed E-state index contributed by atoms with van der Waals surface area (Å²) in [6, 6.07) is -0.636. The van der Waals surface area contributed by atoms with Gasteiger partial charge < -0.3 is 20.3 Å². The Kier molecular flexibility index (Phi) is 58.1. The Morgan fingerprint density at radius 3 is 1.10 bits per heavy atom. The lowest BCUT2D eigenvalue weighted by Crippen LogP contribution is -2.45. The Hall–Kier alpha value is -2.44. The Morgan fingerprint density at radius 2 is 0.704 bits per heavy atom. The fraction of sp³-hybridized carbons (Fsp3) is 0.815. The van der Waals surface area contributed by atoms with Crippen LogP contribution < -0.4 is 5.32 Å². The van der Waals surface area contributed by atoms with Crippen molar-refractivity contribution >= 4 is 11.9 Å². The fourth-order valence-corrected chi connectivity index (χ4v) is 9.22. The highest BCUT2D eigenvalue weighted by Crippen LogP contribution is 2.16. The zero-order valence-electron chi connectivity index (χ0n) is 47.2. The number of carbonyl (C=O) groups excluding carboxylic acids is 2. The smallest absolute Gasteiger partial charge is 0.305 e. The predicted molar refractivity (Wildman–Crippen MR) is 310 cm³/mol. The molecule has 0 bridgehead atoms. The number of amides is 1. The molecule has 2 unspecified atom stereocenters. The van der Waals surface area contributed by atoms with Crippen molar-refractivity contribution in [2.45, 2.75) is 328 Å². The molecule has 0 aliphatic carbocycles. The number of unbranched alkanes of at least 4 members (excludes halogenated alkanes) is 38. The van der Waals surface area contributed by atoms with Crippen molar-refractivity contribution in [2.75, 3.05) is 13.2 Å². The first-order valence-corrected chi connectivity index (χ1v) is 31.1. The molecule has 0 aromatic carbocycles. The molecule has 414 valence electrons. The van der Waals surface area contributed by atoms with Crippen LogP contribution in [0.2, 0.25) is 0 Å². The minimum absolute atomic E-state index is 0.00210. The number of esters is 1. The van der Waals surface area contributed by atoms with Crippen molar-refractivity contribution < 1.29 is 24.5 Å². The minimum Gasteiger partial charge on any atom is -0.466 e. The summed E-state index contributed by atoms with van der Waals surface area (Å²) in [5.41, 5.74) is 0. The van der Waals surface area contributed by atoms with E-state index in [1.54, 1.807) is 6.08 Å². The Bertz CT molecular complexity index is 1240. The highest BCUT2D eigenvalue weighted by Gasteiger charge is 2.18. The van der Waals surface area contributed by atoms with Crippen LogP contribution in [0.5, 0.6) is 0 Å². The summed E-state index contributed by atoms with van der Waals surface area (Å²) in [6.45, 7) is 4.86. The first kappa shape index (κ1) is 68.6. The summed E-state index contributed by atoms with van der Waals surface area (Å²) >= 11 is 0. The van der Waals surface area contributed by atoms with Gasteiger partial charge >= 0.3 is 5.97 Å². The van der Waals surface area contributed by atoms with E-state index in [1.165, 1.54) is 218 Å². The molecule has 0 spiro atoms. The van der Waals surface area contributed by atoms with Crippen molar-refractivity contribution in [3.8, 4) is 0 Å². The van der Waals surface area contributed by atoms with E-state index in [1.807, 2.05) is 6.08 Å². The van der Waals surface area contributed by atoms with Crippen LogP contribution in [-0.2, 0) is 14.3 Å². The number of rotatable bonds is 57. The van der Waals surface area contributed by atoms with Gasteiger partial charge in [-0.2, -0.15) is 0 Å². The van der Waals surface area contributed by atoms with Gasteiger partial charge in [0.1, 0.15) is 0 Å². The number of nitrogens with one attached hydrogen (secondary N) is 1. The molecular weight excluding hydrogens is 875 g/mol. The Morgan fingerprint density at radius 1 is 0.394 bits per heavy atom. The number of hydrogen-bond donors (Lipinski definition) is 3. The summed E-state index contributed by atoms with van der Waals surface area (Å²) in [4.78, 5) is 24.5. The van der Waals surface area contributed by atoms with Crippen molar-refractivity contribution in [2.24, 2.45) is 0 Å². The van der Waals surface area contributed by atoms with E-state index in [0.717, 1.165) is 70.6 Å². The summed E-state index contributed by atoms with van der Waals surface area (Å²) in [7, 11) is 0. The van der Waals surface area contributed by atoms with Crippen LogP contribution >= 0.6 is 0 Å². The summed E-state index contributed by atoms with van der Waals surface area (Å²) in [5.74, 6) is -0.0777. The topological polar surface area (TPSA) is 95.9 Å². The SMILES string of the molecule is CCCCC/C=C\C/C=C\CCCCCCCCCCCC(=O)OCCCCCCCCCCC/C=C\C/C=C\CCCCCCCCCC(=O)NC(CO)C(O)/C=C/CCCCCCCCCCCC. The maximum atomic E-state index is 12.4. The maximum Gasteiger partial charge on any atom is 0.305 e. The van der Waals surface area contributed by atoms with Gasteiger partial charge in [-0.25, -0.2) is 0 Å². The molecule has 0 saturated carbocycles. The van der Waals surface area contributed by atoms with E-state index in [2.05, 4.69) is 67.8 Å². The number of ether oxygens (including phenoxy) is 1. The molecule has 0 rings (SSSR count). The molecule has 6 heteroatoms. The quantitative estimate of drug-likeness (QED) is 0.0321. The average Bonchev–Trinajstić information content (AvgIpc) is 3.37. The predicted octanol–water partition coefficient (Wildman–Crippen LogP) is 19.5. The van der Waals surface area contributed by atoms with E-state index in [9.17, 15) is 19.8 Å². The van der Waals surface area contributed by atoms with E-state index in [0.29, 0.717) is 19.4 Å². The minimum atomic E-state index is -0.851. The molecule has 0 radical (unpaired) electrons. The molecule has 0 fully saturated rings. The second-order valence-corrected chi connectivity index (χ2v) is 21.0. The number of hydrogen-bond acceptors (Lipinski definition) is 5. The number of allylic oxidation sites excluding steroid dienone is 9. The van der Waals surface area contributed by atoms with Gasteiger partial charge in [-0.1, -0.05) is 267 Å². The van der Waals surface area contributed by atoms with Crippen molar-refractivity contribution in [1.82, 2.24) is 5.32 Å². The molecule has 3 N–H and O–H groups in total. The lowest BCUT2D eigenvalue weighted by Gasteiger charge is -2.20. The Balaban J connectivity index is 3.45. The lowest BCUT2D eigenvalue weighted by atomic mass is 10.1. The number of aliphatic hydroxyl groups is 2. The average molecular weight is 995 g/mol. The van der Waals surface area contributed by atoms with Crippen molar-refractivity contribution in [3.63, 3.8) is 0 Å². The van der Waals surface area contributed by atoms with Gasteiger partial charge in [0.05, 0.1) is 25.4 Å². The first-order valence-electron chi connectivity index (χ1n) is 31.1. The third-order valence-corrected chi connectivity index (χ3v) is 14.0. The number of carbonyl (C=O) groups is 2. The van der Waals surface area contributed by atoms with Crippen LogP contribution in [0.4, 0.5) is 0 Å². The number of aliphatic hydroxyl groups excluding tert-OH is 2. The van der Waals surface area contributed by atoms with E-state index >= 15 is 0 Å². The fourth-order valence-electron chi connectivity index (χ4n) is 9.22. The van der Waals surface area contributed by atoms with Crippen LogP contribution in [0.15, 0.2) is 60.8 Å². The molecule has 0 heterocycles. The molecule has 71 heavy (non-hydrogen) atoms. The van der Waals surface area contributed by atoms with Crippen LogP contribution in [0, 0.1) is 0 Å². The molecular formula is C65H119NO5. The Labute approximate surface area is 441 Å². The normalized spacial score (nSPS) is 13.0. The monoisotopic (exact) mass is 994 g/mol.